The lowest BCUT2D eigenvalue weighted by Crippen LogP contribution is -2.52. The van der Waals surface area contributed by atoms with Gasteiger partial charge in [-0.15, -0.1) is 13.0 Å². The van der Waals surface area contributed by atoms with Crippen molar-refractivity contribution in [2.75, 3.05) is 7.05 Å². The Morgan fingerprint density at radius 1 is 1.26 bits per heavy atom. The minimum atomic E-state index is 0.721. The van der Waals surface area contributed by atoms with Crippen LogP contribution in [0.3, 0.4) is 0 Å². The van der Waals surface area contributed by atoms with E-state index in [1.165, 1.54) is 38.5 Å². The summed E-state index contributed by atoms with van der Waals surface area (Å²) < 4.78 is 0. The van der Waals surface area contributed by atoms with Crippen LogP contribution in [0.5, 0.6) is 0 Å². The van der Waals surface area contributed by atoms with E-state index in [1.807, 2.05) is 6.08 Å². The van der Waals surface area contributed by atoms with E-state index >= 15 is 0 Å². The zero-order valence-electron chi connectivity index (χ0n) is 12.2. The first-order valence-corrected chi connectivity index (χ1v) is 7.72. The van der Waals surface area contributed by atoms with E-state index in [0.717, 1.165) is 30.3 Å². The molecule has 0 N–H and O–H groups in total. The van der Waals surface area contributed by atoms with Gasteiger partial charge in [0.1, 0.15) is 0 Å². The van der Waals surface area contributed by atoms with Crippen LogP contribution in [0, 0.1) is 24.2 Å². The van der Waals surface area contributed by atoms with Crippen LogP contribution in [-0.2, 0) is 0 Å². The van der Waals surface area contributed by atoms with Crippen LogP contribution in [-0.4, -0.2) is 24.0 Å². The third-order valence-corrected chi connectivity index (χ3v) is 5.20. The molecule has 1 nitrogen and oxygen atoms in total. The summed E-state index contributed by atoms with van der Waals surface area (Å²) in [6, 6.07) is 1.51. The van der Waals surface area contributed by atoms with Gasteiger partial charge in [-0.2, -0.15) is 0 Å². The van der Waals surface area contributed by atoms with Gasteiger partial charge in [0.05, 0.1) is 0 Å². The summed E-state index contributed by atoms with van der Waals surface area (Å²) in [5, 5.41) is 0. The molecule has 0 aromatic carbocycles. The fourth-order valence-corrected chi connectivity index (χ4v) is 4.20. The molecule has 1 aliphatic heterocycles. The van der Waals surface area contributed by atoms with Gasteiger partial charge in [0.15, 0.2) is 0 Å². The highest BCUT2D eigenvalue weighted by Gasteiger charge is 2.39. The average Bonchev–Trinajstić information content (AvgIpc) is 2.43. The molecule has 1 aliphatic carbocycles. The molecule has 1 saturated carbocycles. The van der Waals surface area contributed by atoms with Gasteiger partial charge in [0, 0.05) is 12.1 Å². The molecule has 1 heteroatoms. The first-order chi connectivity index (χ1) is 9.27. The Bertz CT molecular complexity index is 362. The molecule has 0 aromatic heterocycles. The van der Waals surface area contributed by atoms with Crippen molar-refractivity contribution in [2.24, 2.45) is 11.8 Å². The van der Waals surface area contributed by atoms with Crippen molar-refractivity contribution in [1.82, 2.24) is 4.90 Å². The van der Waals surface area contributed by atoms with Crippen molar-refractivity contribution in [3.05, 3.63) is 24.8 Å². The minimum absolute atomic E-state index is 0.721. The maximum Gasteiger partial charge on any atom is 0.0130 e. The largest absolute Gasteiger partial charge is 0.300 e. The van der Waals surface area contributed by atoms with Crippen molar-refractivity contribution in [2.45, 2.75) is 57.0 Å². The van der Waals surface area contributed by atoms with E-state index < -0.39 is 0 Å². The van der Waals surface area contributed by atoms with E-state index in [0.29, 0.717) is 0 Å². The molecule has 0 aromatic rings. The lowest BCUT2D eigenvalue weighted by molar-refractivity contribution is 0.00778. The van der Waals surface area contributed by atoms with Crippen molar-refractivity contribution in [3.8, 4) is 12.3 Å². The normalized spacial score (nSPS) is 35.8. The monoisotopic (exact) mass is 257 g/mol. The Balaban J connectivity index is 2.00. The van der Waals surface area contributed by atoms with Gasteiger partial charge in [-0.25, -0.2) is 0 Å². The molecule has 4 atom stereocenters. The summed E-state index contributed by atoms with van der Waals surface area (Å²) in [5.41, 5.74) is 0. The second-order valence-electron chi connectivity index (χ2n) is 6.15. The van der Waals surface area contributed by atoms with Crippen molar-refractivity contribution in [1.29, 1.82) is 0 Å². The standard InChI is InChI=1S/C18H27N/c1-4-6-7-10-15-11-8-12-18-17(15)14-13-16(9-5-2)19(18)3/h1,5-7,15-18H,2,8-14H2,3H3/b7-6-. The first-order valence-electron chi connectivity index (χ1n) is 7.72. The maximum atomic E-state index is 5.30. The summed E-state index contributed by atoms with van der Waals surface area (Å²) in [6.07, 6.45) is 20.6. The average molecular weight is 257 g/mol. The summed E-state index contributed by atoms with van der Waals surface area (Å²) in [5.74, 6) is 4.33. The fraction of sp³-hybridized carbons (Fsp3) is 0.667. The molecule has 4 unspecified atom stereocenters. The van der Waals surface area contributed by atoms with Crippen LogP contribution >= 0.6 is 0 Å². The van der Waals surface area contributed by atoms with Crippen LogP contribution in [0.15, 0.2) is 24.8 Å². The Morgan fingerprint density at radius 3 is 2.84 bits per heavy atom. The van der Waals surface area contributed by atoms with Gasteiger partial charge in [0.25, 0.3) is 0 Å². The number of hydrogen-bond acceptors (Lipinski definition) is 1. The Labute approximate surface area is 118 Å². The molecule has 0 amide bonds. The molecule has 1 saturated heterocycles. The molecule has 0 spiro atoms. The number of terminal acetylenes is 1. The molecule has 2 aliphatic rings. The molecule has 0 radical (unpaired) electrons. The summed E-state index contributed by atoms with van der Waals surface area (Å²) in [4.78, 5) is 2.65. The molecule has 2 fully saturated rings. The van der Waals surface area contributed by atoms with E-state index in [1.54, 1.807) is 0 Å². The maximum absolute atomic E-state index is 5.30. The summed E-state index contributed by atoms with van der Waals surface area (Å²) >= 11 is 0. The van der Waals surface area contributed by atoms with Gasteiger partial charge in [0.2, 0.25) is 0 Å². The molecule has 2 rings (SSSR count). The predicted octanol–water partition coefficient (Wildman–Crippen LogP) is 4.02. The summed E-state index contributed by atoms with van der Waals surface area (Å²) in [7, 11) is 2.32. The quantitative estimate of drug-likeness (QED) is 0.543. The zero-order valence-corrected chi connectivity index (χ0v) is 12.2. The second-order valence-corrected chi connectivity index (χ2v) is 6.15. The zero-order chi connectivity index (χ0) is 13.7. The Kier molecular flexibility index (Phi) is 5.28. The number of piperidine rings is 1. The van der Waals surface area contributed by atoms with Gasteiger partial charge >= 0.3 is 0 Å². The van der Waals surface area contributed by atoms with Crippen LogP contribution in [0.2, 0.25) is 0 Å². The molecular formula is C18H27N. The van der Waals surface area contributed by atoms with Crippen molar-refractivity contribution >= 4 is 0 Å². The van der Waals surface area contributed by atoms with Gasteiger partial charge in [-0.1, -0.05) is 24.5 Å². The number of allylic oxidation sites excluding steroid dienone is 2. The number of hydrogen-bond donors (Lipinski definition) is 0. The molecule has 1 heterocycles. The number of fused-ring (bicyclic) bond motifs is 1. The van der Waals surface area contributed by atoms with Crippen molar-refractivity contribution in [3.63, 3.8) is 0 Å². The van der Waals surface area contributed by atoms with Gasteiger partial charge < -0.3 is 0 Å². The van der Waals surface area contributed by atoms with Crippen LogP contribution < -0.4 is 0 Å². The highest BCUT2D eigenvalue weighted by Crippen LogP contribution is 2.42. The third-order valence-electron chi connectivity index (χ3n) is 5.20. The highest BCUT2D eigenvalue weighted by molar-refractivity contribution is 5.09. The van der Waals surface area contributed by atoms with Crippen LogP contribution in [0.4, 0.5) is 0 Å². The third kappa shape index (κ3) is 3.31. The Morgan fingerprint density at radius 2 is 2.11 bits per heavy atom. The second kappa shape index (κ2) is 6.96. The molecule has 104 valence electrons. The lowest BCUT2D eigenvalue weighted by Gasteiger charge is -2.50. The topological polar surface area (TPSA) is 3.24 Å². The van der Waals surface area contributed by atoms with Gasteiger partial charge in [-0.05, 0) is 63.5 Å². The van der Waals surface area contributed by atoms with Crippen LogP contribution in [0.1, 0.15) is 44.9 Å². The first kappa shape index (κ1) is 14.4. The minimum Gasteiger partial charge on any atom is -0.300 e. The van der Waals surface area contributed by atoms with E-state index in [-0.39, 0.29) is 0 Å². The fourth-order valence-electron chi connectivity index (χ4n) is 4.20. The Hall–Kier alpha value is -1.00. The van der Waals surface area contributed by atoms with Gasteiger partial charge in [-0.3, -0.25) is 4.90 Å². The number of likely N-dealkylation sites (tertiary alicyclic amines) is 1. The molecule has 19 heavy (non-hydrogen) atoms. The van der Waals surface area contributed by atoms with Crippen LogP contribution in [0.25, 0.3) is 0 Å². The van der Waals surface area contributed by atoms with E-state index in [9.17, 15) is 0 Å². The number of nitrogens with zero attached hydrogens (tertiary/aromatic N) is 1. The number of rotatable bonds is 4. The SMILES string of the molecule is C#C/C=C\CC1CCCC2C1CCC(CC=C)N2C. The lowest BCUT2D eigenvalue weighted by atomic mass is 9.68. The van der Waals surface area contributed by atoms with E-state index in [2.05, 4.69) is 36.6 Å². The van der Waals surface area contributed by atoms with E-state index in [4.69, 9.17) is 6.42 Å². The van der Waals surface area contributed by atoms with Crippen molar-refractivity contribution < 1.29 is 0 Å². The summed E-state index contributed by atoms with van der Waals surface area (Å²) in [6.45, 7) is 3.90. The highest BCUT2D eigenvalue weighted by atomic mass is 15.2. The molecule has 0 bridgehead atoms. The predicted molar refractivity (Wildman–Crippen MR) is 82.8 cm³/mol. The smallest absolute Gasteiger partial charge is 0.0130 e. The molecular weight excluding hydrogens is 230 g/mol.